The molecule has 2 saturated carbocycles. The van der Waals surface area contributed by atoms with E-state index in [1.165, 1.54) is 50.2 Å². The molecule has 1 amide bonds. The molecule has 16 nitrogen and oxygen atoms in total. The van der Waals surface area contributed by atoms with E-state index in [1.54, 1.807) is 92.7 Å². The van der Waals surface area contributed by atoms with Crippen LogP contribution in [0.15, 0.2) is 126 Å². The molecule has 366 valence electrons. The summed E-state index contributed by atoms with van der Waals surface area (Å²) in [5.74, 6) is -7.38. The molecule has 1 heterocycles. The number of hydrogen-bond donors (Lipinski definition) is 4. The fourth-order valence-corrected chi connectivity index (χ4v) is 11.1. The number of carbonyl (C=O) groups is 7. The Morgan fingerprint density at radius 3 is 1.86 bits per heavy atom. The van der Waals surface area contributed by atoms with E-state index in [2.05, 4.69) is 5.32 Å². The molecule has 4 aromatic carbocycles. The first-order valence-corrected chi connectivity index (χ1v) is 23.0. The second kappa shape index (κ2) is 18.8. The number of carbonyl (C=O) groups excluding carboxylic acids is 7. The number of ether oxygens (including phenoxy) is 5. The van der Waals surface area contributed by atoms with E-state index in [0.717, 1.165) is 13.8 Å². The molecule has 16 heteroatoms. The van der Waals surface area contributed by atoms with Crippen molar-refractivity contribution < 1.29 is 72.6 Å². The maximum Gasteiger partial charge on any atom is 0.338 e. The Bertz CT molecular complexity index is 2740. The van der Waals surface area contributed by atoms with E-state index >= 15 is 4.79 Å². The van der Waals surface area contributed by atoms with Crippen molar-refractivity contribution in [1.29, 1.82) is 0 Å². The first kappa shape index (κ1) is 49.6. The molecular formula is C54H55NO15. The second-order valence-electron chi connectivity index (χ2n) is 19.3. The van der Waals surface area contributed by atoms with Gasteiger partial charge in [-0.15, -0.1) is 0 Å². The summed E-state index contributed by atoms with van der Waals surface area (Å²) in [6.07, 6.45) is -10.8. The van der Waals surface area contributed by atoms with Gasteiger partial charge in [0.2, 0.25) is 0 Å². The number of Topliss-reactive ketones (excluding diaryl/α,β-unsaturated/α-hetero) is 1. The van der Waals surface area contributed by atoms with E-state index in [4.69, 9.17) is 23.7 Å². The van der Waals surface area contributed by atoms with Crippen LogP contribution in [-0.4, -0.2) is 111 Å². The van der Waals surface area contributed by atoms with Crippen molar-refractivity contribution in [2.75, 3.05) is 6.61 Å². The summed E-state index contributed by atoms with van der Waals surface area (Å²) in [4.78, 5) is 97.6. The number of aliphatic hydroxyl groups excluding tert-OH is 2. The van der Waals surface area contributed by atoms with E-state index in [9.17, 15) is 44.1 Å². The monoisotopic (exact) mass is 957 g/mol. The minimum Gasteiger partial charge on any atom is -0.456 e. The number of benzene rings is 4. The zero-order valence-electron chi connectivity index (χ0n) is 39.5. The predicted molar refractivity (Wildman–Crippen MR) is 248 cm³/mol. The van der Waals surface area contributed by atoms with Gasteiger partial charge in [0, 0.05) is 48.8 Å². The number of amides is 1. The standard InChI is InChI=1S/C54H55NO15/c1-29-37(68-50(64)43(60)41(32-16-10-7-11-17-32)55-48(62)35-24-22-34(23-25-35)42(59)33-18-12-8-13-19-33)27-54(65)47(69-49(63)36-20-14-9-15-21-36)45-52(6,38(58)26-39-53(45,28-66-39)70-31(3)57)46(61)44(67-30(2)56)40(29)51(54,4)5/h7-25,37-39,41,43-45,47,58,60,65H,26-28H2,1-6H3,(H,55,62)/t37-,38-,39+,41?,43+,44+,45-,47-,52+,53-,54+/m0/s1. The number of rotatable bonds is 12. The summed E-state index contributed by atoms with van der Waals surface area (Å²) in [5.41, 5.74) is -6.67. The van der Waals surface area contributed by atoms with E-state index in [1.807, 2.05) is 0 Å². The summed E-state index contributed by atoms with van der Waals surface area (Å²) in [6, 6.07) is 28.9. The van der Waals surface area contributed by atoms with Gasteiger partial charge in [-0.25, -0.2) is 9.59 Å². The largest absolute Gasteiger partial charge is 0.456 e. The Hall–Kier alpha value is -6.85. The number of nitrogens with one attached hydrogen (secondary N) is 1. The lowest BCUT2D eigenvalue weighted by molar-refractivity contribution is -0.346. The van der Waals surface area contributed by atoms with Gasteiger partial charge in [0.1, 0.15) is 23.9 Å². The molecule has 8 rings (SSSR count). The van der Waals surface area contributed by atoms with Crippen molar-refractivity contribution >= 4 is 41.4 Å². The summed E-state index contributed by atoms with van der Waals surface area (Å²) >= 11 is 0. The molecule has 0 spiro atoms. The number of esters is 4. The highest BCUT2D eigenvalue weighted by molar-refractivity contribution is 6.09. The molecule has 0 aromatic heterocycles. The summed E-state index contributed by atoms with van der Waals surface area (Å²) in [7, 11) is 0. The van der Waals surface area contributed by atoms with Crippen molar-refractivity contribution in [2.24, 2.45) is 16.7 Å². The maximum atomic E-state index is 15.6. The lowest BCUT2D eigenvalue weighted by Gasteiger charge is -2.67. The van der Waals surface area contributed by atoms with Gasteiger partial charge in [-0.05, 0) is 54.8 Å². The highest BCUT2D eigenvalue weighted by Crippen LogP contribution is 2.64. The summed E-state index contributed by atoms with van der Waals surface area (Å²) < 4.78 is 30.4. The molecule has 4 N–H and O–H groups in total. The molecule has 1 aliphatic heterocycles. The minimum atomic E-state index is -2.43. The van der Waals surface area contributed by atoms with E-state index in [0.29, 0.717) is 16.7 Å². The Morgan fingerprint density at radius 2 is 1.30 bits per heavy atom. The van der Waals surface area contributed by atoms with Crippen LogP contribution in [0.3, 0.4) is 0 Å². The highest BCUT2D eigenvalue weighted by atomic mass is 16.6. The van der Waals surface area contributed by atoms with Crippen molar-refractivity contribution in [3.8, 4) is 0 Å². The van der Waals surface area contributed by atoms with Crippen LogP contribution in [0.2, 0.25) is 0 Å². The van der Waals surface area contributed by atoms with Crippen LogP contribution in [0, 0.1) is 16.7 Å². The third kappa shape index (κ3) is 8.41. The smallest absolute Gasteiger partial charge is 0.338 e. The third-order valence-corrected chi connectivity index (χ3v) is 14.9. The molecule has 3 fully saturated rings. The molecule has 1 saturated heterocycles. The van der Waals surface area contributed by atoms with Gasteiger partial charge in [0.05, 0.1) is 35.6 Å². The van der Waals surface area contributed by atoms with Crippen LogP contribution in [0.4, 0.5) is 0 Å². The maximum absolute atomic E-state index is 15.6. The third-order valence-electron chi connectivity index (χ3n) is 14.9. The number of ketones is 2. The lowest BCUT2D eigenvalue weighted by Crippen LogP contribution is -2.82. The average Bonchev–Trinajstić information content (AvgIpc) is 3.34. The summed E-state index contributed by atoms with van der Waals surface area (Å²) in [5, 5.41) is 40.6. The fourth-order valence-electron chi connectivity index (χ4n) is 11.1. The van der Waals surface area contributed by atoms with Gasteiger partial charge >= 0.3 is 23.9 Å². The van der Waals surface area contributed by atoms with Gasteiger partial charge in [-0.3, -0.25) is 24.0 Å². The van der Waals surface area contributed by atoms with Crippen LogP contribution >= 0.6 is 0 Å². The topological polar surface area (TPSA) is 238 Å². The van der Waals surface area contributed by atoms with Crippen LogP contribution in [-0.2, 0) is 42.9 Å². The second-order valence-corrected chi connectivity index (χ2v) is 19.3. The van der Waals surface area contributed by atoms with Crippen molar-refractivity contribution in [1.82, 2.24) is 5.32 Å². The Labute approximate surface area is 403 Å². The fraction of sp³-hybridized carbons (Fsp3) is 0.389. The SMILES string of the molecule is CC(=O)O[C@H]1C(=O)[C@@]2(C)[C@H]([C@H](OC(=O)c3ccccc3)[C@]3(O)C[C@H](OC(=O)[C@H](O)C(NC(=O)c4ccc(C(=O)c5ccccc5)cc4)c4ccccc4)C(C)=C1C3(C)C)[C@]1(OC(C)=O)CO[C@@H]1C[C@@H]2O. The normalized spacial score (nSPS) is 29.5. The van der Waals surface area contributed by atoms with Crippen molar-refractivity contribution in [2.45, 2.75) is 108 Å². The first-order valence-electron chi connectivity index (χ1n) is 23.0. The Morgan fingerprint density at radius 1 is 0.743 bits per heavy atom. The molecule has 1 unspecified atom stereocenters. The van der Waals surface area contributed by atoms with E-state index in [-0.39, 0.29) is 41.1 Å². The van der Waals surface area contributed by atoms with Gasteiger partial charge in [0.25, 0.3) is 5.91 Å². The minimum absolute atomic E-state index is 0.0306. The molecule has 3 aliphatic carbocycles. The molecule has 11 atom stereocenters. The van der Waals surface area contributed by atoms with E-state index < -0.39 is 113 Å². The van der Waals surface area contributed by atoms with Crippen molar-refractivity contribution in [3.05, 3.63) is 154 Å². The number of fused-ring (bicyclic) bond motifs is 5. The zero-order chi connectivity index (χ0) is 50.5. The molecular weight excluding hydrogens is 903 g/mol. The summed E-state index contributed by atoms with van der Waals surface area (Å²) in [6.45, 7) is 7.88. The van der Waals surface area contributed by atoms with Crippen LogP contribution in [0.5, 0.6) is 0 Å². The predicted octanol–water partition coefficient (Wildman–Crippen LogP) is 4.97. The Kier molecular flexibility index (Phi) is 13.3. The Balaban J connectivity index is 1.20. The highest BCUT2D eigenvalue weighted by Gasteiger charge is 2.78. The van der Waals surface area contributed by atoms with Crippen LogP contribution in [0.1, 0.15) is 103 Å². The number of hydrogen-bond acceptors (Lipinski definition) is 15. The number of aliphatic hydroxyl groups is 3. The van der Waals surface area contributed by atoms with Gasteiger partial charge in [-0.2, -0.15) is 0 Å². The van der Waals surface area contributed by atoms with Crippen LogP contribution < -0.4 is 5.32 Å². The molecule has 2 bridgehead atoms. The molecule has 4 aromatic rings. The van der Waals surface area contributed by atoms with Gasteiger partial charge in [0.15, 0.2) is 29.4 Å². The van der Waals surface area contributed by atoms with Crippen molar-refractivity contribution in [3.63, 3.8) is 0 Å². The first-order chi connectivity index (χ1) is 33.1. The average molecular weight is 958 g/mol. The van der Waals surface area contributed by atoms with Gasteiger partial charge < -0.3 is 44.3 Å². The zero-order valence-corrected chi connectivity index (χ0v) is 39.5. The van der Waals surface area contributed by atoms with Gasteiger partial charge in [-0.1, -0.05) is 105 Å². The molecule has 4 aliphatic rings. The quantitative estimate of drug-likeness (QED) is 0.0635. The lowest BCUT2D eigenvalue weighted by atomic mass is 9.44. The van der Waals surface area contributed by atoms with Crippen LogP contribution in [0.25, 0.3) is 0 Å². The molecule has 70 heavy (non-hydrogen) atoms. The molecule has 0 radical (unpaired) electrons.